The van der Waals surface area contributed by atoms with Crippen molar-refractivity contribution < 1.29 is 19.4 Å². The van der Waals surface area contributed by atoms with Crippen LogP contribution < -0.4 is 5.32 Å². The third-order valence-corrected chi connectivity index (χ3v) is 4.84. The molecule has 0 aromatic heterocycles. The topological polar surface area (TPSA) is 75.6 Å². The van der Waals surface area contributed by atoms with Crippen molar-refractivity contribution in [3.63, 3.8) is 0 Å². The predicted octanol–water partition coefficient (Wildman–Crippen LogP) is 2.57. The highest BCUT2D eigenvalue weighted by Gasteiger charge is 2.39. The first-order chi connectivity index (χ1) is 10.4. The van der Waals surface area contributed by atoms with Gasteiger partial charge >= 0.3 is 5.97 Å². The van der Waals surface area contributed by atoms with Gasteiger partial charge in [-0.3, -0.25) is 9.59 Å². The minimum Gasteiger partial charge on any atom is -0.481 e. The summed E-state index contributed by atoms with van der Waals surface area (Å²) in [5.41, 5.74) is -0.794. The fourth-order valence-corrected chi connectivity index (χ4v) is 3.31. The van der Waals surface area contributed by atoms with E-state index in [1.54, 1.807) is 19.1 Å². The van der Waals surface area contributed by atoms with Crippen molar-refractivity contribution in [2.75, 3.05) is 13.2 Å². The average molecular weight is 344 g/mol. The molecule has 1 fully saturated rings. The number of carboxylic acids is 1. The summed E-state index contributed by atoms with van der Waals surface area (Å²) in [4.78, 5) is 24.3. The molecule has 2 rings (SSSR count). The number of ether oxygens (including phenoxy) is 1. The Hall–Kier alpha value is -1.24. The van der Waals surface area contributed by atoms with Crippen LogP contribution in [0.15, 0.2) is 29.2 Å². The van der Waals surface area contributed by atoms with E-state index in [1.165, 1.54) is 11.8 Å². The maximum Gasteiger partial charge on any atom is 0.305 e. The first kappa shape index (κ1) is 17.1. The van der Waals surface area contributed by atoms with Gasteiger partial charge in [-0.15, -0.1) is 11.8 Å². The second-order valence-corrected chi connectivity index (χ2v) is 7.21. The molecule has 0 aliphatic carbocycles. The maximum atomic E-state index is 12.4. The molecule has 7 heteroatoms. The molecular weight excluding hydrogens is 326 g/mol. The number of carbonyl (C=O) groups excluding carboxylic acids is 1. The number of hydrogen-bond acceptors (Lipinski definition) is 4. The van der Waals surface area contributed by atoms with Crippen LogP contribution in [0.1, 0.15) is 19.8 Å². The lowest BCUT2D eigenvalue weighted by Crippen LogP contribution is -2.52. The maximum absolute atomic E-state index is 12.4. The molecule has 1 amide bonds. The average Bonchev–Trinajstić information content (AvgIpc) is 2.88. The van der Waals surface area contributed by atoms with Crippen LogP contribution in [0.2, 0.25) is 5.02 Å². The molecule has 2 unspecified atom stereocenters. The standard InChI is InChI=1S/C15H18ClNO4S/c1-10(22-12-4-2-11(16)3-5-12)14(20)17-15(8-13(18)19)6-7-21-9-15/h2-5,10H,6-9H2,1H3,(H,17,20)(H,18,19). The third-order valence-electron chi connectivity index (χ3n) is 3.48. The minimum absolute atomic E-state index is 0.128. The van der Waals surface area contributed by atoms with Gasteiger partial charge in [-0.05, 0) is 37.6 Å². The lowest BCUT2D eigenvalue weighted by molar-refractivity contribution is -0.139. The molecule has 1 aromatic carbocycles. The summed E-state index contributed by atoms with van der Waals surface area (Å²) in [6.45, 7) is 2.49. The lowest BCUT2D eigenvalue weighted by atomic mass is 9.94. The first-order valence-corrected chi connectivity index (χ1v) is 8.20. The van der Waals surface area contributed by atoms with Crippen LogP contribution in [0, 0.1) is 0 Å². The van der Waals surface area contributed by atoms with Crippen LogP contribution in [-0.2, 0) is 14.3 Å². The summed E-state index contributed by atoms with van der Waals surface area (Å²) < 4.78 is 5.27. The highest BCUT2D eigenvalue weighted by molar-refractivity contribution is 8.00. The van der Waals surface area contributed by atoms with E-state index in [0.717, 1.165) is 4.90 Å². The zero-order valence-electron chi connectivity index (χ0n) is 12.2. The molecule has 2 N–H and O–H groups in total. The van der Waals surface area contributed by atoms with Crippen LogP contribution in [0.4, 0.5) is 0 Å². The van der Waals surface area contributed by atoms with Crippen molar-refractivity contribution in [3.8, 4) is 0 Å². The number of carboxylic acid groups (broad SMARTS) is 1. The molecule has 0 spiro atoms. The van der Waals surface area contributed by atoms with Gasteiger partial charge < -0.3 is 15.2 Å². The van der Waals surface area contributed by atoms with Crippen molar-refractivity contribution in [2.45, 2.75) is 35.4 Å². The number of rotatable bonds is 6. The predicted molar refractivity (Wildman–Crippen MR) is 85.3 cm³/mol. The van der Waals surface area contributed by atoms with Crippen LogP contribution in [0.3, 0.4) is 0 Å². The first-order valence-electron chi connectivity index (χ1n) is 6.94. The number of amides is 1. The van der Waals surface area contributed by atoms with Gasteiger partial charge in [-0.25, -0.2) is 0 Å². The Morgan fingerprint density at radius 2 is 2.14 bits per heavy atom. The van der Waals surface area contributed by atoms with E-state index >= 15 is 0 Å². The second-order valence-electron chi connectivity index (χ2n) is 5.36. The van der Waals surface area contributed by atoms with Gasteiger partial charge in [0.2, 0.25) is 5.91 Å². The molecule has 2 atom stereocenters. The largest absolute Gasteiger partial charge is 0.481 e. The van der Waals surface area contributed by atoms with Gasteiger partial charge in [0.1, 0.15) is 0 Å². The molecule has 0 radical (unpaired) electrons. The number of carbonyl (C=O) groups is 2. The minimum atomic E-state index is -0.941. The quantitative estimate of drug-likeness (QED) is 0.776. The van der Waals surface area contributed by atoms with E-state index < -0.39 is 11.5 Å². The van der Waals surface area contributed by atoms with E-state index in [0.29, 0.717) is 18.1 Å². The van der Waals surface area contributed by atoms with Gasteiger partial charge in [0, 0.05) is 16.5 Å². The normalized spacial score (nSPS) is 22.3. The second kappa shape index (κ2) is 7.35. The van der Waals surface area contributed by atoms with Crippen LogP contribution >= 0.6 is 23.4 Å². The van der Waals surface area contributed by atoms with Gasteiger partial charge in [0.15, 0.2) is 0 Å². The molecule has 5 nitrogen and oxygen atoms in total. The van der Waals surface area contributed by atoms with Gasteiger partial charge in [-0.1, -0.05) is 11.6 Å². The van der Waals surface area contributed by atoms with E-state index in [4.69, 9.17) is 21.4 Å². The summed E-state index contributed by atoms with van der Waals surface area (Å²) >= 11 is 7.24. The van der Waals surface area contributed by atoms with E-state index in [1.807, 2.05) is 12.1 Å². The summed E-state index contributed by atoms with van der Waals surface area (Å²) in [5.74, 6) is -1.13. The van der Waals surface area contributed by atoms with Crippen LogP contribution in [-0.4, -0.2) is 41.0 Å². The molecule has 120 valence electrons. The lowest BCUT2D eigenvalue weighted by Gasteiger charge is -2.28. The fraction of sp³-hybridized carbons (Fsp3) is 0.467. The molecule has 1 aromatic rings. The SMILES string of the molecule is CC(Sc1ccc(Cl)cc1)C(=O)NC1(CC(=O)O)CCOC1. The Morgan fingerprint density at radius 1 is 1.45 bits per heavy atom. The molecule has 1 heterocycles. The fourth-order valence-electron chi connectivity index (χ4n) is 2.31. The molecule has 1 aliphatic heterocycles. The number of halogens is 1. The number of benzene rings is 1. The van der Waals surface area contributed by atoms with Gasteiger partial charge in [0.05, 0.1) is 23.8 Å². The van der Waals surface area contributed by atoms with Gasteiger partial charge in [-0.2, -0.15) is 0 Å². The van der Waals surface area contributed by atoms with Crippen molar-refractivity contribution in [1.82, 2.24) is 5.32 Å². The van der Waals surface area contributed by atoms with E-state index in [-0.39, 0.29) is 24.2 Å². The number of aliphatic carboxylic acids is 1. The zero-order valence-corrected chi connectivity index (χ0v) is 13.7. The smallest absolute Gasteiger partial charge is 0.305 e. The van der Waals surface area contributed by atoms with Crippen molar-refractivity contribution >= 4 is 35.2 Å². The van der Waals surface area contributed by atoms with Crippen LogP contribution in [0.25, 0.3) is 0 Å². The summed E-state index contributed by atoms with van der Waals surface area (Å²) in [6, 6.07) is 7.24. The monoisotopic (exact) mass is 343 g/mol. The Balaban J connectivity index is 1.97. The summed E-state index contributed by atoms with van der Waals surface area (Å²) in [7, 11) is 0. The Morgan fingerprint density at radius 3 is 2.68 bits per heavy atom. The number of thioether (sulfide) groups is 1. The number of hydrogen-bond donors (Lipinski definition) is 2. The molecule has 0 bridgehead atoms. The highest BCUT2D eigenvalue weighted by atomic mass is 35.5. The van der Waals surface area contributed by atoms with Crippen molar-refractivity contribution in [2.24, 2.45) is 0 Å². The highest BCUT2D eigenvalue weighted by Crippen LogP contribution is 2.27. The van der Waals surface area contributed by atoms with Crippen LogP contribution in [0.5, 0.6) is 0 Å². The Kier molecular flexibility index (Phi) is 5.72. The number of nitrogens with one attached hydrogen (secondary N) is 1. The molecule has 0 saturated carbocycles. The Bertz CT molecular complexity index is 543. The summed E-state index contributed by atoms with van der Waals surface area (Å²) in [5, 5.41) is 12.2. The van der Waals surface area contributed by atoms with Crippen molar-refractivity contribution in [1.29, 1.82) is 0 Å². The summed E-state index contributed by atoms with van der Waals surface area (Å²) in [6.07, 6.45) is 0.389. The zero-order chi connectivity index (χ0) is 16.2. The van der Waals surface area contributed by atoms with Gasteiger partial charge in [0.25, 0.3) is 0 Å². The molecular formula is C15H18ClNO4S. The Labute approximate surface area is 138 Å². The molecule has 1 saturated heterocycles. The van der Waals surface area contributed by atoms with E-state index in [9.17, 15) is 9.59 Å². The van der Waals surface area contributed by atoms with Crippen molar-refractivity contribution in [3.05, 3.63) is 29.3 Å². The molecule has 1 aliphatic rings. The molecule has 22 heavy (non-hydrogen) atoms. The third kappa shape index (κ3) is 4.63. The van der Waals surface area contributed by atoms with E-state index in [2.05, 4.69) is 5.32 Å².